The van der Waals surface area contributed by atoms with E-state index in [0.717, 1.165) is 0 Å². The lowest BCUT2D eigenvalue weighted by atomic mass is 10.4. The highest BCUT2D eigenvalue weighted by Gasteiger charge is 2.08. The lowest BCUT2D eigenvalue weighted by Crippen LogP contribution is -1.85. The number of pyridine rings is 1. The highest BCUT2D eigenvalue weighted by Crippen LogP contribution is 2.26. The summed E-state index contributed by atoms with van der Waals surface area (Å²) in [6.07, 6.45) is 0. The summed E-state index contributed by atoms with van der Waals surface area (Å²) in [6.45, 7) is 0. The van der Waals surface area contributed by atoms with Crippen LogP contribution in [-0.4, -0.2) is 17.1 Å². The van der Waals surface area contributed by atoms with Crippen molar-refractivity contribution in [3.8, 4) is 5.75 Å². The summed E-state index contributed by atoms with van der Waals surface area (Å²) in [4.78, 5) is 6.97. The van der Waals surface area contributed by atoms with Crippen molar-refractivity contribution in [1.29, 1.82) is 0 Å². The molecule has 0 atom stereocenters. The monoisotopic (exact) mass is 216 g/mol. The van der Waals surface area contributed by atoms with Crippen molar-refractivity contribution in [1.82, 2.24) is 9.97 Å². The molecule has 0 saturated carbocycles. The van der Waals surface area contributed by atoms with E-state index in [9.17, 15) is 0 Å². The van der Waals surface area contributed by atoms with Crippen LogP contribution < -0.4 is 4.74 Å². The van der Waals surface area contributed by atoms with E-state index in [1.807, 2.05) is 0 Å². The first kappa shape index (κ1) is 8.52. The van der Waals surface area contributed by atoms with Gasteiger partial charge >= 0.3 is 0 Å². The molecule has 2 rings (SSSR count). The highest BCUT2D eigenvalue weighted by molar-refractivity contribution is 7.71. The van der Waals surface area contributed by atoms with Gasteiger partial charge in [0.25, 0.3) is 4.84 Å². The molecule has 6 heteroatoms. The lowest BCUT2D eigenvalue weighted by Gasteiger charge is -1.98. The van der Waals surface area contributed by atoms with Crippen LogP contribution in [0, 0.1) is 4.84 Å². The van der Waals surface area contributed by atoms with E-state index < -0.39 is 0 Å². The molecule has 0 aromatic carbocycles. The predicted octanol–water partition coefficient (Wildman–Crippen LogP) is 2.55. The molecule has 0 aliphatic carbocycles. The van der Waals surface area contributed by atoms with Crippen LogP contribution in [0.3, 0.4) is 0 Å². The van der Waals surface area contributed by atoms with Crippen molar-refractivity contribution < 1.29 is 9.15 Å². The minimum Gasteiger partial charge on any atom is -0.493 e. The van der Waals surface area contributed by atoms with Crippen LogP contribution >= 0.6 is 23.8 Å². The standard InChI is InChI=1S/C7H5ClN2O2S/c1-11-3-2-4(8)9-6-5(3)12-7(13)10-6/h2H,1H3,(H,9,10,13). The van der Waals surface area contributed by atoms with Gasteiger partial charge in [-0.2, -0.15) is 0 Å². The lowest BCUT2D eigenvalue weighted by molar-refractivity contribution is 0.409. The van der Waals surface area contributed by atoms with E-state index in [2.05, 4.69) is 9.97 Å². The van der Waals surface area contributed by atoms with Gasteiger partial charge in [-0.1, -0.05) is 11.6 Å². The van der Waals surface area contributed by atoms with Gasteiger partial charge in [0.1, 0.15) is 5.15 Å². The average molecular weight is 217 g/mol. The van der Waals surface area contributed by atoms with E-state index in [4.69, 9.17) is 33.0 Å². The number of nitrogens with one attached hydrogen (secondary N) is 1. The molecule has 0 spiro atoms. The molecule has 0 aliphatic heterocycles. The number of hydrogen-bond acceptors (Lipinski definition) is 4. The van der Waals surface area contributed by atoms with Crippen molar-refractivity contribution in [2.45, 2.75) is 0 Å². The number of oxazole rings is 1. The van der Waals surface area contributed by atoms with Crippen molar-refractivity contribution in [3.05, 3.63) is 16.1 Å². The van der Waals surface area contributed by atoms with Gasteiger partial charge in [-0.25, -0.2) is 4.98 Å². The fourth-order valence-electron chi connectivity index (χ4n) is 1.03. The minimum absolute atomic E-state index is 0.253. The Hall–Kier alpha value is -1.07. The van der Waals surface area contributed by atoms with Crippen molar-refractivity contribution in [2.75, 3.05) is 7.11 Å². The van der Waals surface area contributed by atoms with Crippen LogP contribution in [0.2, 0.25) is 5.15 Å². The predicted molar refractivity (Wildman–Crippen MR) is 50.8 cm³/mol. The third-order valence-corrected chi connectivity index (χ3v) is 1.92. The molecule has 68 valence electrons. The number of rotatable bonds is 1. The van der Waals surface area contributed by atoms with E-state index in [1.54, 1.807) is 6.07 Å². The number of halogens is 1. The Morgan fingerprint density at radius 3 is 3.15 bits per heavy atom. The first-order valence-electron chi connectivity index (χ1n) is 3.44. The van der Waals surface area contributed by atoms with E-state index >= 15 is 0 Å². The summed E-state index contributed by atoms with van der Waals surface area (Å²) in [5.74, 6) is 0.516. The molecule has 4 nitrogen and oxygen atoms in total. The fourth-order valence-corrected chi connectivity index (χ4v) is 1.39. The zero-order chi connectivity index (χ0) is 9.42. The van der Waals surface area contributed by atoms with E-state index in [1.165, 1.54) is 7.11 Å². The summed E-state index contributed by atoms with van der Waals surface area (Å²) >= 11 is 10.5. The Morgan fingerprint density at radius 1 is 1.69 bits per heavy atom. The third kappa shape index (κ3) is 1.40. The molecule has 0 bridgehead atoms. The molecule has 2 aromatic rings. The van der Waals surface area contributed by atoms with Gasteiger partial charge in [-0.3, -0.25) is 4.98 Å². The van der Waals surface area contributed by atoms with Gasteiger partial charge in [-0.05, 0) is 12.2 Å². The molecule has 13 heavy (non-hydrogen) atoms. The van der Waals surface area contributed by atoms with Gasteiger partial charge in [0.2, 0.25) is 5.58 Å². The van der Waals surface area contributed by atoms with Crippen molar-refractivity contribution >= 4 is 35.0 Å². The number of hydrogen-bond donors (Lipinski definition) is 1. The Balaban J connectivity index is 2.88. The Morgan fingerprint density at radius 2 is 2.46 bits per heavy atom. The SMILES string of the molecule is COc1cc(Cl)nc2[nH]c(=S)oc12. The molecule has 0 unspecified atom stereocenters. The van der Waals surface area contributed by atoms with Crippen LogP contribution in [0.4, 0.5) is 0 Å². The molecule has 0 saturated heterocycles. The van der Waals surface area contributed by atoms with Crippen LogP contribution in [0.5, 0.6) is 5.75 Å². The maximum atomic E-state index is 5.73. The van der Waals surface area contributed by atoms with Gasteiger partial charge < -0.3 is 9.15 Å². The second-order valence-corrected chi connectivity index (χ2v) is 3.10. The minimum atomic E-state index is 0.253. The average Bonchev–Trinajstić information content (AvgIpc) is 2.43. The summed E-state index contributed by atoms with van der Waals surface area (Å²) in [5.41, 5.74) is 0.978. The molecule has 0 amide bonds. The summed E-state index contributed by atoms with van der Waals surface area (Å²) in [7, 11) is 1.52. The number of ether oxygens (including phenoxy) is 1. The number of fused-ring (bicyclic) bond motifs is 1. The number of H-pyrrole nitrogens is 1. The molecule has 0 aliphatic rings. The topological polar surface area (TPSA) is 51.0 Å². The van der Waals surface area contributed by atoms with Crippen LogP contribution in [0.25, 0.3) is 11.2 Å². The quantitative estimate of drug-likeness (QED) is 0.588. The molecule has 0 radical (unpaired) electrons. The molecule has 2 heterocycles. The summed E-state index contributed by atoms with van der Waals surface area (Å²) < 4.78 is 10.2. The maximum absolute atomic E-state index is 5.73. The van der Waals surface area contributed by atoms with Crippen molar-refractivity contribution in [3.63, 3.8) is 0 Å². The molecule has 0 fully saturated rings. The number of methoxy groups -OCH3 is 1. The molecule has 2 aromatic heterocycles. The second-order valence-electron chi connectivity index (χ2n) is 2.34. The highest BCUT2D eigenvalue weighted by atomic mass is 35.5. The number of aromatic nitrogens is 2. The summed E-state index contributed by atoms with van der Waals surface area (Å²) in [6, 6.07) is 1.57. The Kier molecular flexibility index (Phi) is 1.97. The zero-order valence-electron chi connectivity index (χ0n) is 6.63. The van der Waals surface area contributed by atoms with Crippen molar-refractivity contribution in [2.24, 2.45) is 0 Å². The van der Waals surface area contributed by atoms with E-state index in [0.29, 0.717) is 22.1 Å². The number of nitrogens with zero attached hydrogens (tertiary/aromatic N) is 1. The first-order valence-corrected chi connectivity index (χ1v) is 4.22. The smallest absolute Gasteiger partial charge is 0.268 e. The second kappa shape index (κ2) is 3.01. The molecular formula is C7H5ClN2O2S. The molecular weight excluding hydrogens is 212 g/mol. The van der Waals surface area contributed by atoms with Crippen LogP contribution in [-0.2, 0) is 0 Å². The maximum Gasteiger partial charge on any atom is 0.268 e. The van der Waals surface area contributed by atoms with Crippen LogP contribution in [0.1, 0.15) is 0 Å². The molecule has 1 N–H and O–H groups in total. The van der Waals surface area contributed by atoms with Crippen LogP contribution in [0.15, 0.2) is 10.5 Å². The Labute approximate surface area is 83.5 Å². The fraction of sp³-hybridized carbons (Fsp3) is 0.143. The third-order valence-electron chi connectivity index (χ3n) is 1.54. The van der Waals surface area contributed by atoms with Gasteiger partial charge in [0.15, 0.2) is 11.4 Å². The van der Waals surface area contributed by atoms with Gasteiger partial charge in [0.05, 0.1) is 7.11 Å². The normalized spacial score (nSPS) is 10.6. The number of aromatic amines is 1. The van der Waals surface area contributed by atoms with Gasteiger partial charge in [0, 0.05) is 6.07 Å². The van der Waals surface area contributed by atoms with E-state index in [-0.39, 0.29) is 4.84 Å². The van der Waals surface area contributed by atoms with Gasteiger partial charge in [-0.15, -0.1) is 0 Å². The largest absolute Gasteiger partial charge is 0.493 e. The zero-order valence-corrected chi connectivity index (χ0v) is 8.20. The Bertz CT molecular complexity index is 505. The first-order chi connectivity index (χ1) is 6.20. The summed E-state index contributed by atoms with van der Waals surface area (Å²) in [5, 5.41) is 0.330.